The summed E-state index contributed by atoms with van der Waals surface area (Å²) in [5.74, 6) is 0.0508. The second kappa shape index (κ2) is 5.30. The molecule has 0 atom stereocenters. The SMILES string of the molecule is Cc1cccc(O)c1N=Cc1ccccc1[N+](=O)[O-]. The van der Waals surface area contributed by atoms with Crippen LogP contribution < -0.4 is 0 Å². The zero-order valence-corrected chi connectivity index (χ0v) is 10.3. The third-order valence-electron chi connectivity index (χ3n) is 2.68. The second-order valence-corrected chi connectivity index (χ2v) is 4.02. The van der Waals surface area contributed by atoms with E-state index in [2.05, 4.69) is 4.99 Å². The van der Waals surface area contributed by atoms with E-state index in [0.29, 0.717) is 11.3 Å². The number of rotatable bonds is 3. The third kappa shape index (κ3) is 2.77. The fourth-order valence-electron chi connectivity index (χ4n) is 1.71. The molecule has 0 heterocycles. The van der Waals surface area contributed by atoms with Crippen molar-refractivity contribution in [3.8, 4) is 5.75 Å². The molecule has 2 aromatic rings. The predicted molar refractivity (Wildman–Crippen MR) is 73.2 cm³/mol. The van der Waals surface area contributed by atoms with Crippen molar-refractivity contribution in [3.63, 3.8) is 0 Å². The molecule has 19 heavy (non-hydrogen) atoms. The van der Waals surface area contributed by atoms with Gasteiger partial charge in [0.15, 0.2) is 0 Å². The number of phenols is 1. The van der Waals surface area contributed by atoms with Gasteiger partial charge in [-0.15, -0.1) is 0 Å². The molecule has 0 amide bonds. The van der Waals surface area contributed by atoms with Crippen LogP contribution >= 0.6 is 0 Å². The van der Waals surface area contributed by atoms with Gasteiger partial charge in [-0.25, -0.2) is 0 Å². The van der Waals surface area contributed by atoms with E-state index in [0.717, 1.165) is 5.56 Å². The number of benzene rings is 2. The minimum Gasteiger partial charge on any atom is -0.506 e. The summed E-state index contributed by atoms with van der Waals surface area (Å²) in [5.41, 5.74) is 1.60. The number of hydrogen-bond acceptors (Lipinski definition) is 4. The standard InChI is InChI=1S/C14H12N2O3/c1-10-5-4-8-13(17)14(10)15-9-11-6-2-3-7-12(11)16(18)19/h2-9,17H,1H3. The van der Waals surface area contributed by atoms with Gasteiger partial charge in [-0.1, -0.05) is 24.3 Å². The summed E-state index contributed by atoms with van der Waals surface area (Å²) in [5, 5.41) is 20.6. The Kier molecular flexibility index (Phi) is 3.56. The van der Waals surface area contributed by atoms with Crippen molar-refractivity contribution in [2.45, 2.75) is 6.92 Å². The van der Waals surface area contributed by atoms with Crippen LogP contribution in [-0.4, -0.2) is 16.2 Å². The number of nitro benzene ring substituents is 1. The van der Waals surface area contributed by atoms with Gasteiger partial charge >= 0.3 is 0 Å². The van der Waals surface area contributed by atoms with Gasteiger partial charge in [0.25, 0.3) is 5.69 Å². The molecule has 0 aliphatic carbocycles. The van der Waals surface area contributed by atoms with Gasteiger partial charge in [-0.05, 0) is 24.6 Å². The molecule has 5 heteroatoms. The lowest BCUT2D eigenvalue weighted by Crippen LogP contribution is -1.93. The Morgan fingerprint density at radius 2 is 1.95 bits per heavy atom. The molecule has 2 aromatic carbocycles. The molecule has 2 rings (SSSR count). The van der Waals surface area contributed by atoms with Crippen LogP contribution in [0.5, 0.6) is 5.75 Å². The highest BCUT2D eigenvalue weighted by Crippen LogP contribution is 2.29. The number of aliphatic imine (C=N–C) groups is 1. The van der Waals surface area contributed by atoms with Gasteiger partial charge in [0, 0.05) is 12.3 Å². The topological polar surface area (TPSA) is 75.7 Å². The largest absolute Gasteiger partial charge is 0.506 e. The minimum absolute atomic E-state index is 0.0145. The molecule has 96 valence electrons. The first-order valence-electron chi connectivity index (χ1n) is 5.65. The quantitative estimate of drug-likeness (QED) is 0.519. The lowest BCUT2D eigenvalue weighted by Gasteiger charge is -2.02. The molecule has 0 spiro atoms. The normalized spacial score (nSPS) is 10.8. The number of nitrogens with zero attached hydrogens (tertiary/aromatic N) is 2. The molecule has 5 nitrogen and oxygen atoms in total. The first kappa shape index (κ1) is 12.8. The zero-order chi connectivity index (χ0) is 13.8. The number of hydrogen-bond donors (Lipinski definition) is 1. The van der Waals surface area contributed by atoms with Crippen molar-refractivity contribution in [2.24, 2.45) is 4.99 Å². The molecular weight excluding hydrogens is 244 g/mol. The van der Waals surface area contributed by atoms with Gasteiger partial charge < -0.3 is 5.11 Å². The van der Waals surface area contributed by atoms with E-state index in [-0.39, 0.29) is 11.4 Å². The van der Waals surface area contributed by atoms with Crippen LogP contribution in [0, 0.1) is 17.0 Å². The highest BCUT2D eigenvalue weighted by Gasteiger charge is 2.10. The minimum atomic E-state index is -0.459. The van der Waals surface area contributed by atoms with Gasteiger partial charge in [-0.3, -0.25) is 15.1 Å². The average Bonchev–Trinajstić information content (AvgIpc) is 2.38. The number of nitro groups is 1. The number of aromatic hydroxyl groups is 1. The van der Waals surface area contributed by atoms with Crippen LogP contribution in [0.1, 0.15) is 11.1 Å². The van der Waals surface area contributed by atoms with E-state index in [1.54, 1.807) is 24.3 Å². The summed E-state index contributed by atoms with van der Waals surface area (Å²) >= 11 is 0. The lowest BCUT2D eigenvalue weighted by atomic mass is 10.1. The Bertz CT molecular complexity index is 631. The fraction of sp³-hybridized carbons (Fsp3) is 0.0714. The van der Waals surface area contributed by atoms with Crippen LogP contribution in [0.4, 0.5) is 11.4 Å². The fourth-order valence-corrected chi connectivity index (χ4v) is 1.71. The van der Waals surface area contributed by atoms with E-state index in [4.69, 9.17) is 0 Å². The molecule has 0 saturated carbocycles. The zero-order valence-electron chi connectivity index (χ0n) is 10.3. The monoisotopic (exact) mass is 256 g/mol. The number of aryl methyl sites for hydroxylation is 1. The Hall–Kier alpha value is -2.69. The summed E-state index contributed by atoms with van der Waals surface area (Å²) in [6.45, 7) is 1.81. The molecule has 0 saturated heterocycles. The summed E-state index contributed by atoms with van der Waals surface area (Å²) in [4.78, 5) is 14.5. The van der Waals surface area contributed by atoms with E-state index in [1.165, 1.54) is 18.3 Å². The second-order valence-electron chi connectivity index (χ2n) is 4.02. The summed E-state index contributed by atoms with van der Waals surface area (Å²) in [6.07, 6.45) is 1.39. The van der Waals surface area contributed by atoms with E-state index in [9.17, 15) is 15.2 Å². The lowest BCUT2D eigenvalue weighted by molar-refractivity contribution is -0.385. The highest BCUT2D eigenvalue weighted by atomic mass is 16.6. The molecule has 0 unspecified atom stereocenters. The summed E-state index contributed by atoms with van der Waals surface area (Å²) in [6, 6.07) is 11.4. The Morgan fingerprint density at radius 1 is 1.21 bits per heavy atom. The van der Waals surface area contributed by atoms with Gasteiger partial charge in [0.05, 0.1) is 10.5 Å². The van der Waals surface area contributed by atoms with Crippen molar-refractivity contribution in [3.05, 3.63) is 63.7 Å². The predicted octanol–water partition coefficient (Wildman–Crippen LogP) is 3.36. The first-order chi connectivity index (χ1) is 9.09. The van der Waals surface area contributed by atoms with Crippen molar-refractivity contribution in [2.75, 3.05) is 0 Å². The molecule has 0 aliphatic rings. The van der Waals surface area contributed by atoms with Crippen LogP contribution in [0.15, 0.2) is 47.5 Å². The molecule has 0 aliphatic heterocycles. The van der Waals surface area contributed by atoms with Crippen LogP contribution in [0.25, 0.3) is 0 Å². The maximum atomic E-state index is 10.9. The van der Waals surface area contributed by atoms with E-state index >= 15 is 0 Å². The molecule has 1 N–H and O–H groups in total. The van der Waals surface area contributed by atoms with Crippen molar-refractivity contribution < 1.29 is 10.0 Å². The Balaban J connectivity index is 2.41. The molecule has 0 radical (unpaired) electrons. The Morgan fingerprint density at radius 3 is 2.63 bits per heavy atom. The highest BCUT2D eigenvalue weighted by molar-refractivity contribution is 5.87. The summed E-state index contributed by atoms with van der Waals surface area (Å²) in [7, 11) is 0. The van der Waals surface area contributed by atoms with Gasteiger partial charge in [-0.2, -0.15) is 0 Å². The number of phenolic OH excluding ortho intramolecular Hbond substituents is 1. The molecule has 0 aromatic heterocycles. The average molecular weight is 256 g/mol. The van der Waals surface area contributed by atoms with E-state index in [1.807, 2.05) is 13.0 Å². The van der Waals surface area contributed by atoms with Crippen LogP contribution in [0.3, 0.4) is 0 Å². The van der Waals surface area contributed by atoms with Crippen molar-refractivity contribution in [1.82, 2.24) is 0 Å². The van der Waals surface area contributed by atoms with Crippen molar-refractivity contribution in [1.29, 1.82) is 0 Å². The van der Waals surface area contributed by atoms with Gasteiger partial charge in [0.1, 0.15) is 11.4 Å². The smallest absolute Gasteiger partial charge is 0.278 e. The number of para-hydroxylation sites is 2. The van der Waals surface area contributed by atoms with Crippen LogP contribution in [0.2, 0.25) is 0 Å². The summed E-state index contributed by atoms with van der Waals surface area (Å²) < 4.78 is 0. The van der Waals surface area contributed by atoms with Crippen LogP contribution in [-0.2, 0) is 0 Å². The molecular formula is C14H12N2O3. The van der Waals surface area contributed by atoms with Crippen molar-refractivity contribution >= 4 is 17.6 Å². The maximum absolute atomic E-state index is 10.9. The molecule has 0 fully saturated rings. The first-order valence-corrected chi connectivity index (χ1v) is 5.65. The van der Waals surface area contributed by atoms with Gasteiger partial charge in [0.2, 0.25) is 0 Å². The third-order valence-corrected chi connectivity index (χ3v) is 2.68. The maximum Gasteiger partial charge on any atom is 0.278 e. The Labute approximate surface area is 110 Å². The molecule has 0 bridgehead atoms. The van der Waals surface area contributed by atoms with E-state index < -0.39 is 4.92 Å².